The van der Waals surface area contributed by atoms with Crippen LogP contribution in [0.4, 0.5) is 0 Å². The van der Waals surface area contributed by atoms with E-state index >= 15 is 0 Å². The van der Waals surface area contributed by atoms with Crippen molar-refractivity contribution in [3.8, 4) is 5.75 Å². The Bertz CT molecular complexity index is 488. The van der Waals surface area contributed by atoms with Crippen molar-refractivity contribution < 1.29 is 19.5 Å². The first kappa shape index (κ1) is 17.0. The highest BCUT2D eigenvalue weighted by molar-refractivity contribution is 6.02. The molecule has 0 saturated carbocycles. The molecule has 2 N–H and O–H groups in total. The number of nitrogens with zero attached hydrogens (tertiary/aromatic N) is 1. The number of carbonyl (C=O) groups excluding carboxylic acids is 1. The second-order valence-electron chi connectivity index (χ2n) is 4.61. The van der Waals surface area contributed by atoms with E-state index in [0.29, 0.717) is 30.1 Å². The normalized spacial score (nSPS) is 12.8. The maximum atomic E-state index is 11.8. The van der Waals surface area contributed by atoms with E-state index in [1.807, 2.05) is 19.9 Å². The molecule has 116 valence electrons. The molecule has 1 atom stereocenters. The van der Waals surface area contributed by atoms with Crippen LogP contribution in [0.1, 0.15) is 25.8 Å². The zero-order valence-corrected chi connectivity index (χ0v) is 12.6. The fraction of sp³-hybridized carbons (Fsp3) is 0.467. The number of para-hydroxylation sites is 1. The van der Waals surface area contributed by atoms with Crippen LogP contribution >= 0.6 is 0 Å². The molecule has 0 aliphatic carbocycles. The second kappa shape index (κ2) is 8.97. The maximum Gasteiger partial charge on any atom is 0.258 e. The number of hydrogen-bond acceptors (Lipinski definition) is 5. The van der Waals surface area contributed by atoms with E-state index in [1.54, 1.807) is 25.3 Å². The largest absolute Gasteiger partial charge is 0.483 e. The first-order valence-corrected chi connectivity index (χ1v) is 6.83. The van der Waals surface area contributed by atoms with Gasteiger partial charge in [-0.05, 0) is 25.5 Å². The van der Waals surface area contributed by atoms with Gasteiger partial charge in [0, 0.05) is 18.7 Å². The number of rotatable bonds is 8. The van der Waals surface area contributed by atoms with Gasteiger partial charge in [-0.15, -0.1) is 0 Å². The SMILES string of the molecule is CCC(=NO)c1ccccc1OCC(=O)NC(C)COC. The van der Waals surface area contributed by atoms with Gasteiger partial charge in [0.25, 0.3) is 5.91 Å². The van der Waals surface area contributed by atoms with Crippen LogP contribution in [-0.2, 0) is 9.53 Å². The summed E-state index contributed by atoms with van der Waals surface area (Å²) < 4.78 is 10.5. The predicted octanol–water partition coefficient (Wildman–Crippen LogP) is 1.80. The quantitative estimate of drug-likeness (QED) is 0.435. The lowest BCUT2D eigenvalue weighted by atomic mass is 10.1. The number of hydrogen-bond donors (Lipinski definition) is 2. The molecule has 0 saturated heterocycles. The average molecular weight is 294 g/mol. The predicted molar refractivity (Wildman–Crippen MR) is 80.0 cm³/mol. The third-order valence-corrected chi connectivity index (χ3v) is 2.84. The molecule has 0 aliphatic rings. The molecular formula is C15H22N2O4. The Morgan fingerprint density at radius 2 is 2.14 bits per heavy atom. The van der Waals surface area contributed by atoms with Gasteiger partial charge in [-0.2, -0.15) is 0 Å². The smallest absolute Gasteiger partial charge is 0.258 e. The van der Waals surface area contributed by atoms with Gasteiger partial charge in [-0.25, -0.2) is 0 Å². The lowest BCUT2D eigenvalue weighted by Gasteiger charge is -2.14. The number of benzene rings is 1. The van der Waals surface area contributed by atoms with Crippen LogP contribution in [0.25, 0.3) is 0 Å². The van der Waals surface area contributed by atoms with Crippen LogP contribution in [0.5, 0.6) is 5.75 Å². The van der Waals surface area contributed by atoms with Crippen LogP contribution in [-0.4, -0.2) is 43.2 Å². The molecular weight excluding hydrogens is 272 g/mol. The molecule has 0 heterocycles. The Balaban J connectivity index is 2.65. The monoisotopic (exact) mass is 294 g/mol. The zero-order chi connectivity index (χ0) is 15.7. The van der Waals surface area contributed by atoms with Crippen molar-refractivity contribution in [1.29, 1.82) is 0 Å². The summed E-state index contributed by atoms with van der Waals surface area (Å²) in [4.78, 5) is 11.8. The van der Waals surface area contributed by atoms with Gasteiger partial charge >= 0.3 is 0 Å². The number of nitrogens with one attached hydrogen (secondary N) is 1. The minimum absolute atomic E-state index is 0.0773. The lowest BCUT2D eigenvalue weighted by Crippen LogP contribution is -2.38. The van der Waals surface area contributed by atoms with Crippen molar-refractivity contribution in [2.75, 3.05) is 20.3 Å². The number of carbonyl (C=O) groups is 1. The fourth-order valence-corrected chi connectivity index (χ4v) is 1.90. The molecule has 1 aromatic rings. The molecule has 0 aromatic heterocycles. The van der Waals surface area contributed by atoms with Gasteiger partial charge in [-0.1, -0.05) is 24.2 Å². The fourth-order valence-electron chi connectivity index (χ4n) is 1.90. The van der Waals surface area contributed by atoms with Crippen molar-refractivity contribution in [3.05, 3.63) is 29.8 Å². The van der Waals surface area contributed by atoms with Crippen molar-refractivity contribution >= 4 is 11.6 Å². The van der Waals surface area contributed by atoms with E-state index in [4.69, 9.17) is 14.7 Å². The highest BCUT2D eigenvalue weighted by Gasteiger charge is 2.12. The van der Waals surface area contributed by atoms with Crippen molar-refractivity contribution in [2.24, 2.45) is 5.16 Å². The molecule has 1 rings (SSSR count). The third kappa shape index (κ3) is 5.43. The van der Waals surface area contributed by atoms with E-state index in [9.17, 15) is 4.79 Å². The lowest BCUT2D eigenvalue weighted by molar-refractivity contribution is -0.124. The Kier molecular flexibility index (Phi) is 7.25. The number of methoxy groups -OCH3 is 1. The van der Waals surface area contributed by atoms with Gasteiger partial charge in [0.2, 0.25) is 0 Å². The van der Waals surface area contributed by atoms with Crippen molar-refractivity contribution in [2.45, 2.75) is 26.3 Å². The van der Waals surface area contributed by atoms with Gasteiger partial charge in [0.15, 0.2) is 6.61 Å². The molecule has 0 aliphatic heterocycles. The molecule has 0 radical (unpaired) electrons. The summed E-state index contributed by atoms with van der Waals surface area (Å²) in [5, 5.41) is 15.0. The Hall–Kier alpha value is -2.08. The highest BCUT2D eigenvalue weighted by Crippen LogP contribution is 2.20. The van der Waals surface area contributed by atoms with Crippen LogP contribution in [0, 0.1) is 0 Å². The molecule has 21 heavy (non-hydrogen) atoms. The molecule has 0 fully saturated rings. The standard InChI is InChI=1S/C15H22N2O4/c1-4-13(17-19)12-7-5-6-8-14(12)21-10-15(18)16-11(2)9-20-3/h5-8,11,19H,4,9-10H2,1-3H3,(H,16,18). The van der Waals surface area contributed by atoms with Crippen LogP contribution in [0.3, 0.4) is 0 Å². The first-order valence-electron chi connectivity index (χ1n) is 6.83. The number of amides is 1. The van der Waals surface area contributed by atoms with Gasteiger partial charge in [0.1, 0.15) is 5.75 Å². The summed E-state index contributed by atoms with van der Waals surface area (Å²) in [5.41, 5.74) is 1.19. The Morgan fingerprint density at radius 1 is 1.43 bits per heavy atom. The molecule has 1 aromatic carbocycles. The van der Waals surface area contributed by atoms with E-state index < -0.39 is 0 Å². The third-order valence-electron chi connectivity index (χ3n) is 2.84. The minimum atomic E-state index is -0.228. The van der Waals surface area contributed by atoms with E-state index in [-0.39, 0.29) is 18.6 Å². The van der Waals surface area contributed by atoms with Crippen molar-refractivity contribution in [1.82, 2.24) is 5.32 Å². The summed E-state index contributed by atoms with van der Waals surface area (Å²) >= 11 is 0. The van der Waals surface area contributed by atoms with Crippen LogP contribution in [0.15, 0.2) is 29.4 Å². The van der Waals surface area contributed by atoms with Gasteiger partial charge in [0.05, 0.1) is 12.3 Å². The second-order valence-corrected chi connectivity index (χ2v) is 4.61. The van der Waals surface area contributed by atoms with Crippen molar-refractivity contribution in [3.63, 3.8) is 0 Å². The topological polar surface area (TPSA) is 80.2 Å². The van der Waals surface area contributed by atoms with Gasteiger partial charge < -0.3 is 20.0 Å². The summed E-state index contributed by atoms with van der Waals surface area (Å²) in [7, 11) is 1.58. The summed E-state index contributed by atoms with van der Waals surface area (Å²) in [5.74, 6) is 0.287. The Labute approximate surface area is 124 Å². The summed E-state index contributed by atoms with van der Waals surface area (Å²) in [6.07, 6.45) is 0.563. The molecule has 0 bridgehead atoms. The first-order chi connectivity index (χ1) is 10.1. The van der Waals surface area contributed by atoms with Crippen LogP contribution < -0.4 is 10.1 Å². The molecule has 1 amide bonds. The molecule has 6 nitrogen and oxygen atoms in total. The van der Waals surface area contributed by atoms with Crippen LogP contribution in [0.2, 0.25) is 0 Å². The van der Waals surface area contributed by atoms with E-state index in [2.05, 4.69) is 10.5 Å². The molecule has 6 heteroatoms. The minimum Gasteiger partial charge on any atom is -0.483 e. The Morgan fingerprint density at radius 3 is 2.76 bits per heavy atom. The molecule has 1 unspecified atom stereocenters. The maximum absolute atomic E-state index is 11.8. The number of ether oxygens (including phenoxy) is 2. The number of oxime groups is 1. The highest BCUT2D eigenvalue weighted by atomic mass is 16.5. The average Bonchev–Trinajstić information content (AvgIpc) is 2.47. The summed E-state index contributed by atoms with van der Waals surface area (Å²) in [6, 6.07) is 7.08. The summed E-state index contributed by atoms with van der Waals surface area (Å²) in [6.45, 7) is 4.07. The molecule has 0 spiro atoms. The van der Waals surface area contributed by atoms with E-state index in [1.165, 1.54) is 0 Å². The zero-order valence-electron chi connectivity index (χ0n) is 12.6. The van der Waals surface area contributed by atoms with Gasteiger partial charge in [-0.3, -0.25) is 4.79 Å². The van der Waals surface area contributed by atoms with E-state index in [0.717, 1.165) is 0 Å².